The number of halogens is 2. The molecule has 0 aliphatic heterocycles. The van der Waals surface area contributed by atoms with Crippen LogP contribution in [0.3, 0.4) is 0 Å². The second-order valence-corrected chi connectivity index (χ2v) is 10.3. The van der Waals surface area contributed by atoms with E-state index in [2.05, 4.69) is 55.8 Å². The van der Waals surface area contributed by atoms with E-state index in [-0.39, 0.29) is 6.42 Å². The van der Waals surface area contributed by atoms with Gasteiger partial charge in [-0.05, 0) is 109 Å². The fourth-order valence-corrected chi connectivity index (χ4v) is 3.64. The smallest absolute Gasteiger partial charge is 0.408 e. The number of unbranched alkanes of at least 4 members (excludes halogenated alkanes) is 1. The van der Waals surface area contributed by atoms with E-state index in [0.29, 0.717) is 25.8 Å². The molecular formula is C21H31I2N3O5. The van der Waals surface area contributed by atoms with Crippen molar-refractivity contribution in [1.29, 1.82) is 0 Å². The Labute approximate surface area is 211 Å². The number of amides is 2. The third-order valence-electron chi connectivity index (χ3n) is 4.18. The van der Waals surface area contributed by atoms with Crippen molar-refractivity contribution >= 4 is 63.2 Å². The summed E-state index contributed by atoms with van der Waals surface area (Å²) in [6, 6.07) is 4.08. The molecule has 1 aromatic rings. The maximum absolute atomic E-state index is 13.0. The summed E-state index contributed by atoms with van der Waals surface area (Å²) in [5.41, 5.74) is 5.74. The number of rotatable bonds is 10. The fraction of sp³-hybridized carbons (Fsp3) is 0.571. The highest BCUT2D eigenvalue weighted by Crippen LogP contribution is 2.18. The number of hydrogen-bond donors (Lipinski definition) is 3. The summed E-state index contributed by atoms with van der Waals surface area (Å²) < 4.78 is 12.3. The van der Waals surface area contributed by atoms with Crippen molar-refractivity contribution in [3.05, 3.63) is 30.9 Å². The van der Waals surface area contributed by atoms with Gasteiger partial charge in [-0.3, -0.25) is 4.79 Å². The van der Waals surface area contributed by atoms with Crippen LogP contribution in [-0.2, 0) is 25.5 Å². The minimum absolute atomic E-state index is 0.271. The molecule has 4 N–H and O–H groups in total. The molecule has 0 fully saturated rings. The van der Waals surface area contributed by atoms with Gasteiger partial charge in [0.15, 0.2) is 0 Å². The molecule has 0 aromatic heterocycles. The summed E-state index contributed by atoms with van der Waals surface area (Å²) in [4.78, 5) is 37.5. The molecule has 174 valence electrons. The van der Waals surface area contributed by atoms with Crippen molar-refractivity contribution in [2.24, 2.45) is 5.73 Å². The molecule has 0 heterocycles. The zero-order valence-electron chi connectivity index (χ0n) is 18.3. The van der Waals surface area contributed by atoms with Crippen molar-refractivity contribution in [3.63, 3.8) is 0 Å². The Morgan fingerprint density at radius 2 is 1.74 bits per heavy atom. The van der Waals surface area contributed by atoms with Crippen LogP contribution in [0.4, 0.5) is 4.79 Å². The van der Waals surface area contributed by atoms with Crippen LogP contribution in [0.2, 0.25) is 0 Å². The normalized spacial score (nSPS) is 13.1. The van der Waals surface area contributed by atoms with E-state index >= 15 is 0 Å². The lowest BCUT2D eigenvalue weighted by Gasteiger charge is -2.25. The highest BCUT2D eigenvalue weighted by atomic mass is 127. The molecule has 2 atom stereocenters. The van der Waals surface area contributed by atoms with Gasteiger partial charge in [0, 0.05) is 13.6 Å². The van der Waals surface area contributed by atoms with Crippen LogP contribution in [0.5, 0.6) is 0 Å². The van der Waals surface area contributed by atoms with Gasteiger partial charge >= 0.3 is 12.1 Å². The quantitative estimate of drug-likeness (QED) is 0.202. The van der Waals surface area contributed by atoms with Gasteiger partial charge in [0.2, 0.25) is 5.91 Å². The minimum atomic E-state index is -0.884. The third-order valence-corrected chi connectivity index (χ3v) is 7.05. The standard InChI is InChI=1S/C21H31I2N3O5/c1-21(2,3)31-20(29)26-16(7-5-6-10-24)18(27)25-17(19(28)30-4)12-13-8-9-14(22)15(23)11-13/h8-9,11,16-17H,5-7,10,12,24H2,1-4H3,(H,25,27)(H,26,29)/t16-,17?/m0/s1. The van der Waals surface area contributed by atoms with Crippen LogP contribution in [0.15, 0.2) is 18.2 Å². The Bertz CT molecular complexity index is 768. The number of alkyl carbamates (subject to hydrolysis) is 1. The van der Waals surface area contributed by atoms with Crippen LogP contribution in [-0.4, -0.2) is 49.3 Å². The lowest BCUT2D eigenvalue weighted by molar-refractivity contribution is -0.145. The Morgan fingerprint density at radius 3 is 2.29 bits per heavy atom. The van der Waals surface area contributed by atoms with Crippen molar-refractivity contribution in [3.8, 4) is 0 Å². The van der Waals surface area contributed by atoms with E-state index in [1.807, 2.05) is 18.2 Å². The summed E-state index contributed by atoms with van der Waals surface area (Å²) in [5, 5.41) is 5.33. The molecule has 1 aromatic carbocycles. The van der Waals surface area contributed by atoms with Gasteiger partial charge in [-0.25, -0.2) is 9.59 Å². The van der Waals surface area contributed by atoms with E-state index in [0.717, 1.165) is 12.7 Å². The fourth-order valence-electron chi connectivity index (χ4n) is 2.72. The average Bonchev–Trinajstić information content (AvgIpc) is 2.67. The van der Waals surface area contributed by atoms with Gasteiger partial charge in [-0.15, -0.1) is 0 Å². The van der Waals surface area contributed by atoms with Crippen molar-refractivity contribution in [2.45, 2.75) is 64.1 Å². The van der Waals surface area contributed by atoms with Crippen LogP contribution in [0.1, 0.15) is 45.6 Å². The molecule has 31 heavy (non-hydrogen) atoms. The molecule has 0 aliphatic carbocycles. The Balaban J connectivity index is 2.94. The summed E-state index contributed by atoms with van der Waals surface area (Å²) in [7, 11) is 1.27. The van der Waals surface area contributed by atoms with Crippen molar-refractivity contribution in [1.82, 2.24) is 10.6 Å². The van der Waals surface area contributed by atoms with E-state index in [1.54, 1.807) is 20.8 Å². The number of nitrogens with two attached hydrogens (primary N) is 1. The zero-order valence-corrected chi connectivity index (χ0v) is 22.6. The number of carbonyl (C=O) groups is 3. The van der Waals surface area contributed by atoms with Gasteiger partial charge < -0.3 is 25.8 Å². The molecule has 1 unspecified atom stereocenters. The first-order valence-electron chi connectivity index (χ1n) is 9.98. The van der Waals surface area contributed by atoms with E-state index in [9.17, 15) is 14.4 Å². The van der Waals surface area contributed by atoms with Gasteiger partial charge in [-0.2, -0.15) is 0 Å². The number of ether oxygens (including phenoxy) is 2. The van der Waals surface area contributed by atoms with Crippen LogP contribution in [0.25, 0.3) is 0 Å². The number of carbonyl (C=O) groups excluding carboxylic acids is 3. The predicted octanol–water partition coefficient (Wildman–Crippen LogP) is 3.12. The third kappa shape index (κ3) is 10.8. The molecule has 1 rings (SSSR count). The van der Waals surface area contributed by atoms with Crippen LogP contribution in [0, 0.1) is 7.14 Å². The Hall–Kier alpha value is -1.15. The number of nitrogens with one attached hydrogen (secondary N) is 2. The first kappa shape index (κ1) is 27.9. The Morgan fingerprint density at radius 1 is 1.06 bits per heavy atom. The van der Waals surface area contributed by atoms with Gasteiger partial charge in [-0.1, -0.05) is 6.07 Å². The summed E-state index contributed by atoms with van der Waals surface area (Å²) in [5.74, 6) is -1.03. The molecule has 0 aliphatic rings. The molecule has 2 amide bonds. The SMILES string of the molecule is COC(=O)C(Cc1ccc(I)c(I)c1)NC(=O)[C@H](CCCCN)NC(=O)OC(C)(C)C. The molecular weight excluding hydrogens is 628 g/mol. The lowest BCUT2D eigenvalue weighted by Crippen LogP contribution is -2.53. The molecule has 8 nitrogen and oxygen atoms in total. The van der Waals surface area contributed by atoms with Crippen molar-refractivity contribution < 1.29 is 23.9 Å². The lowest BCUT2D eigenvalue weighted by atomic mass is 10.0. The molecule has 0 radical (unpaired) electrons. The number of methoxy groups -OCH3 is 1. The Kier molecular flexibility index (Phi) is 12.1. The molecule has 10 heteroatoms. The molecule has 0 spiro atoms. The predicted molar refractivity (Wildman–Crippen MR) is 136 cm³/mol. The second kappa shape index (κ2) is 13.4. The minimum Gasteiger partial charge on any atom is -0.467 e. The number of benzene rings is 1. The largest absolute Gasteiger partial charge is 0.467 e. The average molecular weight is 659 g/mol. The number of esters is 1. The van der Waals surface area contributed by atoms with E-state index in [4.69, 9.17) is 15.2 Å². The topological polar surface area (TPSA) is 120 Å². The second-order valence-electron chi connectivity index (χ2n) is 8.02. The summed E-state index contributed by atoms with van der Waals surface area (Å²) >= 11 is 4.45. The molecule has 0 saturated heterocycles. The zero-order chi connectivity index (χ0) is 23.6. The van der Waals surface area contributed by atoms with Gasteiger partial charge in [0.05, 0.1) is 7.11 Å². The monoisotopic (exact) mass is 659 g/mol. The highest BCUT2D eigenvalue weighted by Gasteiger charge is 2.29. The summed E-state index contributed by atoms with van der Waals surface area (Å²) in [6.45, 7) is 5.71. The van der Waals surface area contributed by atoms with E-state index < -0.39 is 35.7 Å². The van der Waals surface area contributed by atoms with E-state index in [1.165, 1.54) is 7.11 Å². The van der Waals surface area contributed by atoms with Crippen LogP contribution < -0.4 is 16.4 Å². The number of hydrogen-bond acceptors (Lipinski definition) is 6. The van der Waals surface area contributed by atoms with Gasteiger partial charge in [0.25, 0.3) is 0 Å². The summed E-state index contributed by atoms with van der Waals surface area (Å²) in [6.07, 6.45) is 1.30. The first-order valence-corrected chi connectivity index (χ1v) is 12.1. The van der Waals surface area contributed by atoms with Gasteiger partial charge in [0.1, 0.15) is 17.7 Å². The first-order chi connectivity index (χ1) is 14.5. The molecule has 0 bridgehead atoms. The highest BCUT2D eigenvalue weighted by molar-refractivity contribution is 14.1. The maximum atomic E-state index is 13.0. The van der Waals surface area contributed by atoms with Crippen LogP contribution >= 0.6 is 45.2 Å². The van der Waals surface area contributed by atoms with Crippen molar-refractivity contribution in [2.75, 3.05) is 13.7 Å². The molecule has 0 saturated carbocycles. The maximum Gasteiger partial charge on any atom is 0.408 e.